The fourth-order valence-corrected chi connectivity index (χ4v) is 5.15. The van der Waals surface area contributed by atoms with Crippen molar-refractivity contribution < 1.29 is 13.2 Å². The summed E-state index contributed by atoms with van der Waals surface area (Å²) in [6, 6.07) is 3.79. The molecule has 140 valence electrons. The summed E-state index contributed by atoms with van der Waals surface area (Å²) in [4.78, 5) is 14.5. The predicted octanol–water partition coefficient (Wildman–Crippen LogP) is 1.62. The van der Waals surface area contributed by atoms with Crippen molar-refractivity contribution in [3.63, 3.8) is 0 Å². The SMILES string of the molecule is Cc1cc(C)c(S(=O)(=O)NCCC(=O)N2CCCCC2CN)c(C)c1. The van der Waals surface area contributed by atoms with Crippen molar-refractivity contribution in [1.82, 2.24) is 9.62 Å². The summed E-state index contributed by atoms with van der Waals surface area (Å²) in [5.41, 5.74) is 8.21. The second-order valence-electron chi connectivity index (χ2n) is 6.85. The summed E-state index contributed by atoms with van der Waals surface area (Å²) in [5, 5.41) is 0. The van der Waals surface area contributed by atoms with Gasteiger partial charge < -0.3 is 10.6 Å². The minimum Gasteiger partial charge on any atom is -0.338 e. The van der Waals surface area contributed by atoms with Crippen LogP contribution in [-0.2, 0) is 14.8 Å². The largest absolute Gasteiger partial charge is 0.338 e. The number of nitrogens with two attached hydrogens (primary N) is 1. The van der Waals surface area contributed by atoms with Gasteiger partial charge in [0.15, 0.2) is 0 Å². The maximum Gasteiger partial charge on any atom is 0.241 e. The number of amides is 1. The third kappa shape index (κ3) is 4.80. The number of hydrogen-bond donors (Lipinski definition) is 2. The Kier molecular flexibility index (Phi) is 6.59. The first kappa shape index (κ1) is 19.9. The van der Waals surface area contributed by atoms with E-state index in [1.165, 1.54) is 0 Å². The van der Waals surface area contributed by atoms with Gasteiger partial charge in [-0.3, -0.25) is 4.79 Å². The van der Waals surface area contributed by atoms with E-state index in [-0.39, 0.29) is 24.9 Å². The Morgan fingerprint density at radius 1 is 1.24 bits per heavy atom. The van der Waals surface area contributed by atoms with Crippen molar-refractivity contribution in [3.8, 4) is 0 Å². The number of rotatable bonds is 6. The average molecular weight is 368 g/mol. The Morgan fingerprint density at radius 2 is 1.88 bits per heavy atom. The summed E-state index contributed by atoms with van der Waals surface area (Å²) >= 11 is 0. The Labute approximate surface area is 150 Å². The highest BCUT2D eigenvalue weighted by Gasteiger charge is 2.26. The third-order valence-corrected chi connectivity index (χ3v) is 6.49. The Morgan fingerprint density at radius 3 is 2.48 bits per heavy atom. The van der Waals surface area contributed by atoms with Crippen LogP contribution in [0.25, 0.3) is 0 Å². The molecule has 0 bridgehead atoms. The molecule has 25 heavy (non-hydrogen) atoms. The second kappa shape index (κ2) is 8.29. The van der Waals surface area contributed by atoms with Crippen molar-refractivity contribution in [2.45, 2.75) is 57.4 Å². The van der Waals surface area contributed by atoms with Gasteiger partial charge in [-0.25, -0.2) is 13.1 Å². The standard InChI is InChI=1S/C18H29N3O3S/c1-13-10-14(2)18(15(3)11-13)25(23,24)20-8-7-17(22)21-9-5-4-6-16(21)12-19/h10-11,16,20H,4-9,12,19H2,1-3H3. The van der Waals surface area contributed by atoms with Gasteiger partial charge in [0, 0.05) is 32.1 Å². The van der Waals surface area contributed by atoms with E-state index in [4.69, 9.17) is 5.73 Å². The fourth-order valence-electron chi connectivity index (χ4n) is 3.67. The monoisotopic (exact) mass is 367 g/mol. The number of piperidine rings is 1. The first-order valence-corrected chi connectivity index (χ1v) is 10.3. The highest BCUT2D eigenvalue weighted by molar-refractivity contribution is 7.89. The minimum atomic E-state index is -3.63. The summed E-state index contributed by atoms with van der Waals surface area (Å²) in [6.07, 6.45) is 3.15. The number of sulfonamides is 1. The van der Waals surface area contributed by atoms with Crippen molar-refractivity contribution in [3.05, 3.63) is 28.8 Å². The van der Waals surface area contributed by atoms with E-state index in [2.05, 4.69) is 4.72 Å². The van der Waals surface area contributed by atoms with Gasteiger partial charge in [0.2, 0.25) is 15.9 Å². The van der Waals surface area contributed by atoms with Crippen LogP contribution in [0.15, 0.2) is 17.0 Å². The molecule has 0 aromatic heterocycles. The van der Waals surface area contributed by atoms with Crippen LogP contribution in [0.5, 0.6) is 0 Å². The van der Waals surface area contributed by atoms with E-state index in [1.54, 1.807) is 18.7 Å². The molecule has 1 aliphatic rings. The van der Waals surface area contributed by atoms with Gasteiger partial charge in [-0.15, -0.1) is 0 Å². The van der Waals surface area contributed by atoms with Crippen molar-refractivity contribution >= 4 is 15.9 Å². The van der Waals surface area contributed by atoms with Gasteiger partial charge in [0.1, 0.15) is 0 Å². The molecular formula is C18H29N3O3S. The van der Waals surface area contributed by atoms with Crippen molar-refractivity contribution in [2.75, 3.05) is 19.6 Å². The summed E-state index contributed by atoms with van der Waals surface area (Å²) in [7, 11) is -3.63. The lowest BCUT2D eigenvalue weighted by molar-refractivity contribution is -0.134. The molecule has 1 heterocycles. The van der Waals surface area contributed by atoms with Crippen LogP contribution < -0.4 is 10.5 Å². The molecule has 3 N–H and O–H groups in total. The zero-order valence-corrected chi connectivity index (χ0v) is 16.2. The van der Waals surface area contributed by atoms with Gasteiger partial charge in [-0.2, -0.15) is 0 Å². The van der Waals surface area contributed by atoms with Crippen LogP contribution >= 0.6 is 0 Å². The first-order valence-electron chi connectivity index (χ1n) is 8.83. The number of benzene rings is 1. The third-order valence-electron chi connectivity index (χ3n) is 4.72. The van der Waals surface area contributed by atoms with Gasteiger partial charge in [-0.1, -0.05) is 17.7 Å². The molecule has 0 radical (unpaired) electrons. The second-order valence-corrected chi connectivity index (χ2v) is 8.55. The lowest BCUT2D eigenvalue weighted by atomic mass is 10.0. The minimum absolute atomic E-state index is 0.0322. The van der Waals surface area contributed by atoms with E-state index in [1.807, 2.05) is 19.1 Å². The molecule has 0 saturated carbocycles. The molecule has 1 aromatic rings. The zero-order valence-electron chi connectivity index (χ0n) is 15.3. The lowest BCUT2D eigenvalue weighted by Gasteiger charge is -2.35. The van der Waals surface area contributed by atoms with Gasteiger partial charge in [0.05, 0.1) is 4.90 Å². The number of aryl methyl sites for hydroxylation is 3. The number of nitrogens with zero attached hydrogens (tertiary/aromatic N) is 1. The molecule has 1 amide bonds. The molecule has 0 aliphatic carbocycles. The van der Waals surface area contributed by atoms with Crippen LogP contribution in [-0.4, -0.2) is 44.9 Å². The number of nitrogens with one attached hydrogen (secondary N) is 1. The smallest absolute Gasteiger partial charge is 0.241 e. The Balaban J connectivity index is 2.00. The Hall–Kier alpha value is -1.44. The molecule has 6 nitrogen and oxygen atoms in total. The molecule has 1 aliphatic heterocycles. The average Bonchev–Trinajstić information content (AvgIpc) is 2.53. The molecule has 1 saturated heterocycles. The molecule has 1 aromatic carbocycles. The van der Waals surface area contributed by atoms with E-state index >= 15 is 0 Å². The van der Waals surface area contributed by atoms with Gasteiger partial charge in [0.25, 0.3) is 0 Å². The molecule has 1 unspecified atom stereocenters. The van der Waals surface area contributed by atoms with E-state index < -0.39 is 10.0 Å². The van der Waals surface area contributed by atoms with E-state index in [9.17, 15) is 13.2 Å². The lowest BCUT2D eigenvalue weighted by Crippen LogP contribution is -2.48. The maximum atomic E-state index is 12.6. The number of hydrogen-bond acceptors (Lipinski definition) is 4. The fraction of sp³-hybridized carbons (Fsp3) is 0.611. The van der Waals surface area contributed by atoms with Crippen LogP contribution in [0.4, 0.5) is 0 Å². The van der Waals surface area contributed by atoms with E-state index in [0.29, 0.717) is 18.0 Å². The summed E-state index contributed by atoms with van der Waals surface area (Å²) < 4.78 is 27.8. The normalized spacial score (nSPS) is 18.4. The molecule has 7 heteroatoms. The summed E-state index contributed by atoms with van der Waals surface area (Å²) in [6.45, 7) is 6.79. The number of likely N-dealkylation sites (tertiary alicyclic amines) is 1. The molecule has 2 rings (SSSR count). The predicted molar refractivity (Wildman–Crippen MR) is 98.9 cm³/mol. The number of carbonyl (C=O) groups excluding carboxylic acids is 1. The summed E-state index contributed by atoms with van der Waals surface area (Å²) in [5.74, 6) is -0.0322. The van der Waals surface area contributed by atoms with Crippen LogP contribution in [0, 0.1) is 20.8 Å². The van der Waals surface area contributed by atoms with Gasteiger partial charge >= 0.3 is 0 Å². The topological polar surface area (TPSA) is 92.5 Å². The highest BCUT2D eigenvalue weighted by Crippen LogP contribution is 2.22. The number of carbonyl (C=O) groups is 1. The van der Waals surface area contributed by atoms with Crippen molar-refractivity contribution in [2.24, 2.45) is 5.73 Å². The first-order chi connectivity index (χ1) is 11.8. The van der Waals surface area contributed by atoms with Crippen LogP contribution in [0.2, 0.25) is 0 Å². The zero-order chi connectivity index (χ0) is 18.6. The molecule has 1 atom stereocenters. The molecular weight excluding hydrogens is 338 g/mol. The Bertz CT molecular complexity index is 708. The maximum absolute atomic E-state index is 12.6. The van der Waals surface area contributed by atoms with E-state index in [0.717, 1.165) is 36.0 Å². The van der Waals surface area contributed by atoms with Crippen molar-refractivity contribution in [1.29, 1.82) is 0 Å². The quantitative estimate of drug-likeness (QED) is 0.799. The highest BCUT2D eigenvalue weighted by atomic mass is 32.2. The molecule has 1 fully saturated rings. The molecule has 0 spiro atoms. The van der Waals surface area contributed by atoms with Crippen LogP contribution in [0.1, 0.15) is 42.4 Å². The van der Waals surface area contributed by atoms with Crippen LogP contribution in [0.3, 0.4) is 0 Å². The van der Waals surface area contributed by atoms with Gasteiger partial charge in [-0.05, 0) is 51.2 Å².